The van der Waals surface area contributed by atoms with Gasteiger partial charge < -0.3 is 10.4 Å². The van der Waals surface area contributed by atoms with E-state index in [2.05, 4.69) is 5.32 Å². The highest BCUT2D eigenvalue weighted by molar-refractivity contribution is 4.87. The van der Waals surface area contributed by atoms with Gasteiger partial charge in [0, 0.05) is 12.6 Å². The van der Waals surface area contributed by atoms with Gasteiger partial charge in [0.25, 0.3) is 0 Å². The summed E-state index contributed by atoms with van der Waals surface area (Å²) in [7, 11) is 0. The summed E-state index contributed by atoms with van der Waals surface area (Å²) in [6.07, 6.45) is 14.2. The van der Waals surface area contributed by atoms with E-state index in [1.165, 1.54) is 64.2 Å². The van der Waals surface area contributed by atoms with E-state index < -0.39 is 0 Å². The molecule has 0 aliphatic heterocycles. The van der Waals surface area contributed by atoms with E-state index in [-0.39, 0.29) is 0 Å². The first-order chi connectivity index (χ1) is 9.36. The van der Waals surface area contributed by atoms with Crippen LogP contribution in [0, 0.1) is 23.7 Å². The number of aliphatic hydroxyl groups excluding tert-OH is 1. The van der Waals surface area contributed by atoms with Crippen molar-refractivity contribution in [1.82, 2.24) is 5.32 Å². The molecule has 3 rings (SSSR count). The van der Waals surface area contributed by atoms with Gasteiger partial charge in [-0.25, -0.2) is 0 Å². The average molecular weight is 265 g/mol. The molecule has 2 heteroatoms. The van der Waals surface area contributed by atoms with Gasteiger partial charge in [-0.2, -0.15) is 0 Å². The molecule has 5 atom stereocenters. The second kappa shape index (κ2) is 6.58. The monoisotopic (exact) mass is 265 g/mol. The molecule has 0 aromatic heterocycles. The lowest BCUT2D eigenvalue weighted by molar-refractivity contribution is 0.136. The molecule has 0 radical (unpaired) electrons. The molecular formula is C17H31NO. The summed E-state index contributed by atoms with van der Waals surface area (Å²) in [6, 6.07) is 0.777. The van der Waals surface area contributed by atoms with Crippen molar-refractivity contribution in [2.24, 2.45) is 23.7 Å². The Labute approximate surface area is 118 Å². The smallest absolute Gasteiger partial charge is 0.0462 e. The van der Waals surface area contributed by atoms with Crippen LogP contribution in [0.3, 0.4) is 0 Å². The zero-order chi connectivity index (χ0) is 13.1. The third-order valence-electron chi connectivity index (χ3n) is 6.26. The lowest BCUT2D eigenvalue weighted by Gasteiger charge is -2.40. The molecule has 3 saturated carbocycles. The van der Waals surface area contributed by atoms with E-state index in [0.717, 1.165) is 30.3 Å². The standard InChI is InChI=1S/C17H31NO/c19-12-16-7-3-6-15(16)11-18-17-9-8-13-4-1-2-5-14(13)10-17/h13-19H,1-12H2. The van der Waals surface area contributed by atoms with Gasteiger partial charge in [0.1, 0.15) is 0 Å². The van der Waals surface area contributed by atoms with Gasteiger partial charge >= 0.3 is 0 Å². The van der Waals surface area contributed by atoms with E-state index in [1.54, 1.807) is 0 Å². The number of rotatable bonds is 4. The molecule has 5 unspecified atom stereocenters. The van der Waals surface area contributed by atoms with Gasteiger partial charge in [-0.3, -0.25) is 0 Å². The molecule has 3 aliphatic rings. The van der Waals surface area contributed by atoms with E-state index in [4.69, 9.17) is 0 Å². The molecule has 2 N–H and O–H groups in total. The molecule has 19 heavy (non-hydrogen) atoms. The largest absolute Gasteiger partial charge is 0.396 e. The SMILES string of the molecule is OCC1CCCC1CNC1CCC2CCCCC2C1. The molecule has 0 heterocycles. The van der Waals surface area contributed by atoms with E-state index in [0.29, 0.717) is 12.5 Å². The molecule has 0 aromatic rings. The van der Waals surface area contributed by atoms with Crippen molar-refractivity contribution in [3.05, 3.63) is 0 Å². The van der Waals surface area contributed by atoms with Gasteiger partial charge in [0.15, 0.2) is 0 Å². The molecule has 0 bridgehead atoms. The van der Waals surface area contributed by atoms with E-state index in [1.807, 2.05) is 0 Å². The Morgan fingerprint density at radius 1 is 0.789 bits per heavy atom. The summed E-state index contributed by atoms with van der Waals surface area (Å²) in [5, 5.41) is 13.2. The Bertz CT molecular complexity index is 280. The Morgan fingerprint density at radius 2 is 1.58 bits per heavy atom. The maximum Gasteiger partial charge on any atom is 0.0462 e. The van der Waals surface area contributed by atoms with Gasteiger partial charge in [-0.1, -0.05) is 32.1 Å². The van der Waals surface area contributed by atoms with Crippen molar-refractivity contribution < 1.29 is 5.11 Å². The van der Waals surface area contributed by atoms with Crippen LogP contribution in [0.1, 0.15) is 64.2 Å². The number of nitrogens with one attached hydrogen (secondary N) is 1. The molecule has 110 valence electrons. The molecule has 3 aliphatic carbocycles. The normalized spacial score (nSPS) is 43.1. The fourth-order valence-corrected chi connectivity index (χ4v) is 5.00. The topological polar surface area (TPSA) is 32.3 Å². The van der Waals surface area contributed by atoms with Crippen molar-refractivity contribution in [2.45, 2.75) is 70.3 Å². The summed E-state index contributed by atoms with van der Waals surface area (Å²) in [4.78, 5) is 0. The maximum atomic E-state index is 9.40. The predicted octanol–water partition coefficient (Wildman–Crippen LogP) is 3.34. The van der Waals surface area contributed by atoms with Gasteiger partial charge in [0.05, 0.1) is 0 Å². The second-order valence-electron chi connectivity index (χ2n) is 7.36. The Morgan fingerprint density at radius 3 is 2.42 bits per heavy atom. The van der Waals surface area contributed by atoms with E-state index >= 15 is 0 Å². The van der Waals surface area contributed by atoms with Crippen LogP contribution in [0.25, 0.3) is 0 Å². The summed E-state index contributed by atoms with van der Waals surface area (Å²) in [5.74, 6) is 3.41. The first-order valence-electron chi connectivity index (χ1n) is 8.71. The highest BCUT2D eigenvalue weighted by atomic mass is 16.3. The van der Waals surface area contributed by atoms with Crippen LogP contribution in [0.5, 0.6) is 0 Å². The summed E-state index contributed by atoms with van der Waals surface area (Å²) < 4.78 is 0. The van der Waals surface area contributed by atoms with Crippen LogP contribution < -0.4 is 5.32 Å². The zero-order valence-electron chi connectivity index (χ0n) is 12.3. The Kier molecular flexibility index (Phi) is 4.81. The Hall–Kier alpha value is -0.0800. The highest BCUT2D eigenvalue weighted by Crippen LogP contribution is 2.40. The third kappa shape index (κ3) is 3.33. The van der Waals surface area contributed by atoms with Crippen molar-refractivity contribution in [3.63, 3.8) is 0 Å². The van der Waals surface area contributed by atoms with Crippen LogP contribution in [0.2, 0.25) is 0 Å². The molecule has 0 spiro atoms. The van der Waals surface area contributed by atoms with Crippen molar-refractivity contribution in [3.8, 4) is 0 Å². The number of hydrogen-bond donors (Lipinski definition) is 2. The van der Waals surface area contributed by atoms with Crippen LogP contribution in [-0.4, -0.2) is 24.3 Å². The van der Waals surface area contributed by atoms with E-state index in [9.17, 15) is 5.11 Å². The Balaban J connectivity index is 1.43. The molecule has 0 amide bonds. The number of fused-ring (bicyclic) bond motifs is 1. The second-order valence-corrected chi connectivity index (χ2v) is 7.36. The first-order valence-corrected chi connectivity index (χ1v) is 8.71. The van der Waals surface area contributed by atoms with Gasteiger partial charge in [-0.05, 0) is 62.3 Å². The molecule has 0 saturated heterocycles. The van der Waals surface area contributed by atoms with Crippen molar-refractivity contribution >= 4 is 0 Å². The summed E-state index contributed by atoms with van der Waals surface area (Å²) >= 11 is 0. The minimum atomic E-state index is 0.404. The molecule has 0 aromatic carbocycles. The van der Waals surface area contributed by atoms with Crippen LogP contribution in [0.15, 0.2) is 0 Å². The fourth-order valence-electron chi connectivity index (χ4n) is 5.00. The van der Waals surface area contributed by atoms with Crippen LogP contribution >= 0.6 is 0 Å². The average Bonchev–Trinajstić information content (AvgIpc) is 2.92. The predicted molar refractivity (Wildman–Crippen MR) is 79.0 cm³/mol. The lowest BCUT2D eigenvalue weighted by atomic mass is 9.69. The van der Waals surface area contributed by atoms with Crippen molar-refractivity contribution in [2.75, 3.05) is 13.2 Å². The van der Waals surface area contributed by atoms with Gasteiger partial charge in [-0.15, -0.1) is 0 Å². The summed E-state index contributed by atoms with van der Waals surface area (Å²) in [5.41, 5.74) is 0. The fraction of sp³-hybridized carbons (Fsp3) is 1.00. The van der Waals surface area contributed by atoms with Crippen LogP contribution in [-0.2, 0) is 0 Å². The zero-order valence-corrected chi connectivity index (χ0v) is 12.3. The minimum absolute atomic E-state index is 0.404. The quantitative estimate of drug-likeness (QED) is 0.817. The third-order valence-corrected chi connectivity index (χ3v) is 6.26. The first kappa shape index (κ1) is 13.9. The molecular weight excluding hydrogens is 234 g/mol. The maximum absolute atomic E-state index is 9.40. The molecule has 2 nitrogen and oxygen atoms in total. The number of aliphatic hydroxyl groups is 1. The lowest BCUT2D eigenvalue weighted by Crippen LogP contribution is -2.41. The van der Waals surface area contributed by atoms with Crippen LogP contribution in [0.4, 0.5) is 0 Å². The number of hydrogen-bond acceptors (Lipinski definition) is 2. The van der Waals surface area contributed by atoms with Crippen molar-refractivity contribution in [1.29, 1.82) is 0 Å². The molecule has 3 fully saturated rings. The highest BCUT2D eigenvalue weighted by Gasteiger charge is 2.33. The minimum Gasteiger partial charge on any atom is -0.396 e. The van der Waals surface area contributed by atoms with Gasteiger partial charge in [0.2, 0.25) is 0 Å². The summed E-state index contributed by atoms with van der Waals surface area (Å²) in [6.45, 7) is 1.56.